The van der Waals surface area contributed by atoms with Crippen molar-refractivity contribution in [2.45, 2.75) is 6.04 Å². The Kier molecular flexibility index (Phi) is 6.69. The minimum Gasteiger partial charge on any atom is -0.394 e. The molecule has 27 heavy (non-hydrogen) atoms. The van der Waals surface area contributed by atoms with Crippen molar-refractivity contribution < 1.29 is 19.4 Å². The fraction of sp³-hybridized carbons (Fsp3) is 0.421. The van der Waals surface area contributed by atoms with Gasteiger partial charge in [0.2, 0.25) is 5.91 Å². The molecule has 1 aromatic carbocycles. The lowest BCUT2D eigenvalue weighted by Gasteiger charge is -2.26. The van der Waals surface area contributed by atoms with Gasteiger partial charge in [-0.3, -0.25) is 19.5 Å². The molecule has 1 saturated heterocycles. The van der Waals surface area contributed by atoms with Gasteiger partial charge in [-0.1, -0.05) is 18.2 Å². The predicted molar refractivity (Wildman–Crippen MR) is 100 cm³/mol. The number of fused-ring (bicyclic) bond motifs is 1. The van der Waals surface area contributed by atoms with E-state index < -0.39 is 24.5 Å². The standard InChI is InChI=1S/C19H24N4O4/c24-13-17(19(26)21-7-8-23-9-11-27-12-10-23)22-18(25)15-5-6-20-16-4-2-1-3-14(15)16/h1-6,17,24H,7-13H2,(H,21,26)(H,22,25)/t17-/m0/s1. The van der Waals surface area contributed by atoms with Gasteiger partial charge >= 0.3 is 0 Å². The highest BCUT2D eigenvalue weighted by Gasteiger charge is 2.21. The number of amides is 2. The van der Waals surface area contributed by atoms with Gasteiger partial charge in [0.05, 0.1) is 30.9 Å². The van der Waals surface area contributed by atoms with E-state index in [1.54, 1.807) is 18.3 Å². The first-order valence-electron chi connectivity index (χ1n) is 9.02. The summed E-state index contributed by atoms with van der Waals surface area (Å²) in [4.78, 5) is 31.3. The van der Waals surface area contributed by atoms with Crippen molar-refractivity contribution in [1.82, 2.24) is 20.5 Å². The Morgan fingerprint density at radius 3 is 2.78 bits per heavy atom. The molecule has 1 aromatic heterocycles. The lowest BCUT2D eigenvalue weighted by atomic mass is 10.1. The van der Waals surface area contributed by atoms with Crippen LogP contribution in [0.4, 0.5) is 0 Å². The summed E-state index contributed by atoms with van der Waals surface area (Å²) < 4.78 is 5.29. The second-order valence-corrected chi connectivity index (χ2v) is 6.33. The molecule has 8 heteroatoms. The Balaban J connectivity index is 1.56. The number of aliphatic hydroxyl groups excluding tert-OH is 1. The van der Waals surface area contributed by atoms with Crippen molar-refractivity contribution in [2.75, 3.05) is 46.0 Å². The third-order valence-electron chi connectivity index (χ3n) is 4.53. The molecule has 3 rings (SSSR count). The fourth-order valence-electron chi connectivity index (χ4n) is 3.01. The molecular weight excluding hydrogens is 348 g/mol. The average molecular weight is 372 g/mol. The molecule has 0 aliphatic carbocycles. The van der Waals surface area contributed by atoms with E-state index in [4.69, 9.17) is 4.74 Å². The lowest BCUT2D eigenvalue weighted by molar-refractivity contribution is -0.123. The third-order valence-corrected chi connectivity index (χ3v) is 4.53. The van der Waals surface area contributed by atoms with Crippen LogP contribution in [0.25, 0.3) is 10.9 Å². The Hall–Kier alpha value is -2.55. The number of pyridine rings is 1. The van der Waals surface area contributed by atoms with Gasteiger partial charge in [0.1, 0.15) is 6.04 Å². The molecule has 0 spiro atoms. The first-order valence-corrected chi connectivity index (χ1v) is 9.02. The van der Waals surface area contributed by atoms with Crippen molar-refractivity contribution in [1.29, 1.82) is 0 Å². The lowest BCUT2D eigenvalue weighted by Crippen LogP contribution is -2.50. The number of carbonyl (C=O) groups excluding carboxylic acids is 2. The van der Waals surface area contributed by atoms with E-state index in [1.807, 2.05) is 18.2 Å². The summed E-state index contributed by atoms with van der Waals surface area (Å²) >= 11 is 0. The van der Waals surface area contributed by atoms with Crippen LogP contribution < -0.4 is 10.6 Å². The average Bonchev–Trinajstić information content (AvgIpc) is 2.72. The van der Waals surface area contributed by atoms with Crippen LogP contribution >= 0.6 is 0 Å². The first kappa shape index (κ1) is 19.2. The molecule has 0 radical (unpaired) electrons. The van der Waals surface area contributed by atoms with E-state index in [0.717, 1.165) is 13.1 Å². The molecule has 1 fully saturated rings. The number of para-hydroxylation sites is 1. The summed E-state index contributed by atoms with van der Waals surface area (Å²) in [5.74, 6) is -0.826. The van der Waals surface area contributed by atoms with E-state index in [0.29, 0.717) is 42.8 Å². The molecule has 8 nitrogen and oxygen atoms in total. The van der Waals surface area contributed by atoms with Gasteiger partial charge in [-0.05, 0) is 12.1 Å². The largest absolute Gasteiger partial charge is 0.394 e. The van der Waals surface area contributed by atoms with E-state index >= 15 is 0 Å². The van der Waals surface area contributed by atoms with Crippen molar-refractivity contribution in [3.05, 3.63) is 42.1 Å². The molecule has 144 valence electrons. The number of nitrogens with one attached hydrogen (secondary N) is 2. The maximum atomic E-state index is 12.6. The highest BCUT2D eigenvalue weighted by molar-refractivity contribution is 6.07. The summed E-state index contributed by atoms with van der Waals surface area (Å²) in [5, 5.41) is 15.6. The maximum Gasteiger partial charge on any atom is 0.252 e. The molecule has 0 bridgehead atoms. The minimum atomic E-state index is -1.01. The smallest absolute Gasteiger partial charge is 0.252 e. The predicted octanol–water partition coefficient (Wildman–Crippen LogP) is -0.226. The summed E-state index contributed by atoms with van der Waals surface area (Å²) in [6.45, 7) is 3.75. The van der Waals surface area contributed by atoms with Gasteiger partial charge in [-0.2, -0.15) is 0 Å². The number of benzene rings is 1. The zero-order valence-corrected chi connectivity index (χ0v) is 15.1. The summed E-state index contributed by atoms with van der Waals surface area (Å²) in [5.41, 5.74) is 1.11. The zero-order chi connectivity index (χ0) is 19.1. The molecule has 2 aromatic rings. The fourth-order valence-corrected chi connectivity index (χ4v) is 3.01. The summed E-state index contributed by atoms with van der Waals surface area (Å²) in [7, 11) is 0. The number of hydrogen-bond donors (Lipinski definition) is 3. The second kappa shape index (κ2) is 9.40. The van der Waals surface area contributed by atoms with Crippen LogP contribution in [-0.4, -0.2) is 78.8 Å². The van der Waals surface area contributed by atoms with Crippen LogP contribution in [0.5, 0.6) is 0 Å². The molecule has 1 atom stereocenters. The quantitative estimate of drug-likeness (QED) is 0.621. The SMILES string of the molecule is O=C(N[C@@H](CO)C(=O)NCCN1CCOCC1)c1ccnc2ccccc12. The van der Waals surface area contributed by atoms with Crippen LogP contribution in [0.15, 0.2) is 36.5 Å². The van der Waals surface area contributed by atoms with Crippen molar-refractivity contribution in [2.24, 2.45) is 0 Å². The van der Waals surface area contributed by atoms with Crippen molar-refractivity contribution in [3.8, 4) is 0 Å². The summed E-state index contributed by atoms with van der Waals surface area (Å²) in [6, 6.07) is 7.87. The third kappa shape index (κ3) is 5.00. The Morgan fingerprint density at radius 1 is 1.22 bits per heavy atom. The molecule has 1 aliphatic rings. The minimum absolute atomic E-state index is 0.405. The normalized spacial score (nSPS) is 16.0. The van der Waals surface area contributed by atoms with Crippen LogP contribution in [0.2, 0.25) is 0 Å². The van der Waals surface area contributed by atoms with Crippen LogP contribution in [-0.2, 0) is 9.53 Å². The molecule has 2 heterocycles. The molecule has 0 saturated carbocycles. The topological polar surface area (TPSA) is 104 Å². The number of carbonyl (C=O) groups is 2. The van der Waals surface area contributed by atoms with Crippen molar-refractivity contribution >= 4 is 22.7 Å². The summed E-state index contributed by atoms with van der Waals surface area (Å²) in [6.07, 6.45) is 1.55. The molecule has 1 aliphatic heterocycles. The van der Waals surface area contributed by atoms with Gasteiger partial charge in [-0.25, -0.2) is 0 Å². The van der Waals surface area contributed by atoms with Crippen molar-refractivity contribution in [3.63, 3.8) is 0 Å². The van der Waals surface area contributed by atoms with Gasteiger partial charge < -0.3 is 20.5 Å². The molecular formula is C19H24N4O4. The highest BCUT2D eigenvalue weighted by atomic mass is 16.5. The second-order valence-electron chi connectivity index (χ2n) is 6.33. The number of ether oxygens (including phenoxy) is 1. The molecule has 3 N–H and O–H groups in total. The van der Waals surface area contributed by atoms with Gasteiger partial charge in [0.25, 0.3) is 5.91 Å². The van der Waals surface area contributed by atoms with Crippen LogP contribution in [0.1, 0.15) is 10.4 Å². The van der Waals surface area contributed by atoms with Gasteiger partial charge in [0, 0.05) is 37.8 Å². The Bertz CT molecular complexity index is 787. The molecule has 2 amide bonds. The number of rotatable bonds is 7. The number of aliphatic hydroxyl groups is 1. The monoisotopic (exact) mass is 372 g/mol. The molecule has 0 unspecified atom stereocenters. The van der Waals surface area contributed by atoms with Gasteiger partial charge in [-0.15, -0.1) is 0 Å². The number of aromatic nitrogens is 1. The highest BCUT2D eigenvalue weighted by Crippen LogP contribution is 2.16. The first-order chi connectivity index (χ1) is 13.2. The number of morpholine rings is 1. The zero-order valence-electron chi connectivity index (χ0n) is 15.1. The van der Waals surface area contributed by atoms with Crippen LogP contribution in [0, 0.1) is 0 Å². The Labute approximate surface area is 157 Å². The van der Waals surface area contributed by atoms with Crippen LogP contribution in [0.3, 0.4) is 0 Å². The number of hydrogen-bond acceptors (Lipinski definition) is 6. The van der Waals surface area contributed by atoms with E-state index in [1.165, 1.54) is 0 Å². The number of nitrogens with zero attached hydrogens (tertiary/aromatic N) is 2. The maximum absolute atomic E-state index is 12.6. The van der Waals surface area contributed by atoms with E-state index in [9.17, 15) is 14.7 Å². The van der Waals surface area contributed by atoms with E-state index in [-0.39, 0.29) is 0 Å². The van der Waals surface area contributed by atoms with E-state index in [2.05, 4.69) is 20.5 Å². The Morgan fingerprint density at radius 2 is 2.00 bits per heavy atom. The van der Waals surface area contributed by atoms with Gasteiger partial charge in [0.15, 0.2) is 0 Å².